The molecule has 0 aliphatic rings. The Kier molecular flexibility index (Phi) is 3.64. The second-order valence-corrected chi connectivity index (χ2v) is 4.59. The number of nitrogens with zero attached hydrogens (tertiary/aromatic N) is 2. The van der Waals surface area contributed by atoms with Gasteiger partial charge in [0, 0.05) is 30.5 Å². The normalized spacial score (nSPS) is 11.3. The Morgan fingerprint density at radius 1 is 1.47 bits per heavy atom. The summed E-state index contributed by atoms with van der Waals surface area (Å²) < 4.78 is 7.26. The Morgan fingerprint density at radius 3 is 2.94 bits per heavy atom. The molecular formula is C13H19N3O. The van der Waals surface area contributed by atoms with Crippen LogP contribution in [0.3, 0.4) is 0 Å². The Bertz CT molecular complexity index is 470. The molecule has 0 aliphatic heterocycles. The monoisotopic (exact) mass is 233 g/mol. The zero-order valence-corrected chi connectivity index (χ0v) is 10.6. The summed E-state index contributed by atoms with van der Waals surface area (Å²) >= 11 is 0. The lowest BCUT2D eigenvalue weighted by molar-refractivity contribution is 0.388. The molecule has 0 atom stereocenters. The first-order valence-electron chi connectivity index (χ1n) is 5.95. The summed E-state index contributed by atoms with van der Waals surface area (Å²) in [5.74, 6) is 0.856. The van der Waals surface area contributed by atoms with Gasteiger partial charge in [-0.3, -0.25) is 0 Å². The van der Waals surface area contributed by atoms with Gasteiger partial charge >= 0.3 is 0 Å². The highest BCUT2D eigenvalue weighted by atomic mass is 16.5. The fourth-order valence-corrected chi connectivity index (χ4v) is 1.74. The largest absolute Gasteiger partial charge is 0.361 e. The maximum atomic E-state index is 5.07. The summed E-state index contributed by atoms with van der Waals surface area (Å²) in [6.07, 6.45) is 2.07. The molecule has 2 aromatic heterocycles. The van der Waals surface area contributed by atoms with E-state index in [0.717, 1.165) is 24.5 Å². The molecule has 2 rings (SSSR count). The molecule has 0 saturated heterocycles. The Morgan fingerprint density at radius 2 is 2.29 bits per heavy atom. The highest BCUT2D eigenvalue weighted by Crippen LogP contribution is 2.08. The average molecular weight is 233 g/mol. The molecular weight excluding hydrogens is 214 g/mol. The number of nitrogens with one attached hydrogen (secondary N) is 1. The molecule has 2 aromatic rings. The highest BCUT2D eigenvalue weighted by Gasteiger charge is 2.05. The lowest BCUT2D eigenvalue weighted by Gasteiger charge is -2.10. The summed E-state index contributed by atoms with van der Waals surface area (Å²) in [6.45, 7) is 7.84. The van der Waals surface area contributed by atoms with Crippen LogP contribution in [0.4, 0.5) is 0 Å². The number of aromatic nitrogens is 2. The second-order valence-electron chi connectivity index (χ2n) is 4.59. The fraction of sp³-hybridized carbons (Fsp3) is 0.462. The number of hydrogen-bond donors (Lipinski definition) is 1. The van der Waals surface area contributed by atoms with Crippen LogP contribution >= 0.6 is 0 Å². The first-order valence-corrected chi connectivity index (χ1v) is 5.95. The molecule has 1 N–H and O–H groups in total. The summed E-state index contributed by atoms with van der Waals surface area (Å²) in [4.78, 5) is 0. The van der Waals surface area contributed by atoms with E-state index in [1.807, 2.05) is 13.0 Å². The van der Waals surface area contributed by atoms with E-state index in [9.17, 15) is 0 Å². The maximum Gasteiger partial charge on any atom is 0.133 e. The molecule has 17 heavy (non-hydrogen) atoms. The topological polar surface area (TPSA) is 43.0 Å². The molecule has 0 amide bonds. The average Bonchev–Trinajstić information content (AvgIpc) is 2.86. The van der Waals surface area contributed by atoms with E-state index in [2.05, 4.69) is 47.2 Å². The second kappa shape index (κ2) is 5.19. The maximum absolute atomic E-state index is 5.07. The molecule has 0 radical (unpaired) electrons. The molecule has 4 heteroatoms. The molecule has 92 valence electrons. The van der Waals surface area contributed by atoms with Gasteiger partial charge < -0.3 is 14.4 Å². The van der Waals surface area contributed by atoms with Crippen LogP contribution in [0.1, 0.15) is 31.0 Å². The smallest absolute Gasteiger partial charge is 0.133 e. The van der Waals surface area contributed by atoms with Crippen LogP contribution in [-0.2, 0) is 13.1 Å². The van der Waals surface area contributed by atoms with E-state index in [-0.39, 0.29) is 0 Å². The predicted octanol–water partition coefficient (Wildman–Crippen LogP) is 2.33. The van der Waals surface area contributed by atoms with E-state index in [1.54, 1.807) is 0 Å². The van der Waals surface area contributed by atoms with Crippen molar-refractivity contribution < 1.29 is 4.52 Å². The summed E-state index contributed by atoms with van der Waals surface area (Å²) in [7, 11) is 0. The van der Waals surface area contributed by atoms with Crippen molar-refractivity contribution in [2.45, 2.75) is 39.9 Å². The third-order valence-corrected chi connectivity index (χ3v) is 2.62. The summed E-state index contributed by atoms with van der Waals surface area (Å²) in [5.41, 5.74) is 2.23. The molecule has 0 unspecified atom stereocenters. The molecule has 0 bridgehead atoms. The summed E-state index contributed by atoms with van der Waals surface area (Å²) in [6, 6.07) is 6.65. The van der Waals surface area contributed by atoms with Crippen molar-refractivity contribution in [3.63, 3.8) is 0 Å². The van der Waals surface area contributed by atoms with Crippen molar-refractivity contribution in [1.82, 2.24) is 15.0 Å². The lowest BCUT2D eigenvalue weighted by Crippen LogP contribution is -2.23. The SMILES string of the molecule is Cc1cc(Cn2cccc2CNC(C)C)no1. The van der Waals surface area contributed by atoms with Crippen molar-refractivity contribution in [1.29, 1.82) is 0 Å². The zero-order valence-electron chi connectivity index (χ0n) is 10.6. The van der Waals surface area contributed by atoms with Gasteiger partial charge in [0.25, 0.3) is 0 Å². The zero-order chi connectivity index (χ0) is 12.3. The van der Waals surface area contributed by atoms with Crippen LogP contribution in [0.15, 0.2) is 28.9 Å². The van der Waals surface area contributed by atoms with Crippen molar-refractivity contribution >= 4 is 0 Å². The van der Waals surface area contributed by atoms with Gasteiger partial charge in [0.2, 0.25) is 0 Å². The van der Waals surface area contributed by atoms with Crippen molar-refractivity contribution in [3.05, 3.63) is 41.5 Å². The minimum Gasteiger partial charge on any atom is -0.361 e. The third-order valence-electron chi connectivity index (χ3n) is 2.62. The fourth-order valence-electron chi connectivity index (χ4n) is 1.74. The van der Waals surface area contributed by atoms with E-state index >= 15 is 0 Å². The van der Waals surface area contributed by atoms with Crippen LogP contribution in [0.25, 0.3) is 0 Å². The van der Waals surface area contributed by atoms with Crippen LogP contribution in [0.2, 0.25) is 0 Å². The van der Waals surface area contributed by atoms with Crippen LogP contribution in [0, 0.1) is 6.92 Å². The molecule has 4 nitrogen and oxygen atoms in total. The Hall–Kier alpha value is -1.55. The molecule has 0 saturated carbocycles. The van der Waals surface area contributed by atoms with Gasteiger partial charge in [-0.2, -0.15) is 0 Å². The van der Waals surface area contributed by atoms with Crippen LogP contribution in [0.5, 0.6) is 0 Å². The quantitative estimate of drug-likeness (QED) is 0.862. The predicted molar refractivity (Wildman–Crippen MR) is 66.7 cm³/mol. The van der Waals surface area contributed by atoms with Gasteiger partial charge in [-0.1, -0.05) is 19.0 Å². The Labute approximate surface area is 102 Å². The molecule has 0 spiro atoms. The van der Waals surface area contributed by atoms with Crippen molar-refractivity contribution in [2.24, 2.45) is 0 Å². The van der Waals surface area contributed by atoms with E-state index in [4.69, 9.17) is 4.52 Å². The molecule has 0 fully saturated rings. The van der Waals surface area contributed by atoms with E-state index in [0.29, 0.717) is 6.04 Å². The van der Waals surface area contributed by atoms with Gasteiger partial charge in [0.15, 0.2) is 0 Å². The van der Waals surface area contributed by atoms with Gasteiger partial charge in [-0.05, 0) is 19.1 Å². The first kappa shape index (κ1) is 11.9. The molecule has 2 heterocycles. The minimum atomic E-state index is 0.493. The van der Waals surface area contributed by atoms with Gasteiger partial charge in [-0.25, -0.2) is 0 Å². The Balaban J connectivity index is 2.03. The van der Waals surface area contributed by atoms with Gasteiger partial charge in [0.1, 0.15) is 11.5 Å². The van der Waals surface area contributed by atoms with E-state index < -0.39 is 0 Å². The molecule has 0 aliphatic carbocycles. The summed E-state index contributed by atoms with van der Waals surface area (Å²) in [5, 5.41) is 7.43. The van der Waals surface area contributed by atoms with Crippen molar-refractivity contribution in [3.8, 4) is 0 Å². The van der Waals surface area contributed by atoms with Crippen LogP contribution < -0.4 is 5.32 Å². The lowest BCUT2D eigenvalue weighted by atomic mass is 10.3. The van der Waals surface area contributed by atoms with Crippen LogP contribution in [-0.4, -0.2) is 15.8 Å². The van der Waals surface area contributed by atoms with Gasteiger partial charge in [0.05, 0.1) is 6.54 Å². The highest BCUT2D eigenvalue weighted by molar-refractivity contribution is 5.11. The molecule has 0 aromatic carbocycles. The minimum absolute atomic E-state index is 0.493. The van der Waals surface area contributed by atoms with Gasteiger partial charge in [-0.15, -0.1) is 0 Å². The number of rotatable bonds is 5. The van der Waals surface area contributed by atoms with Crippen molar-refractivity contribution in [2.75, 3.05) is 0 Å². The number of aryl methyl sites for hydroxylation is 1. The standard InChI is InChI=1S/C13H19N3O/c1-10(2)14-8-13-5-4-6-16(13)9-12-7-11(3)17-15-12/h4-7,10,14H,8-9H2,1-3H3. The number of hydrogen-bond acceptors (Lipinski definition) is 3. The van der Waals surface area contributed by atoms with E-state index in [1.165, 1.54) is 5.69 Å². The first-order chi connectivity index (χ1) is 8.15. The third kappa shape index (κ3) is 3.20.